The SMILES string of the molecule is O=C(Nc1cccc(OC(F)(F)F)c1)C1CCN(S(=O)(=O)c2ccc3ccccc3c2)CC1. The topological polar surface area (TPSA) is 75.7 Å². The lowest BCUT2D eigenvalue weighted by Gasteiger charge is -2.30. The van der Waals surface area contributed by atoms with Gasteiger partial charge in [-0.25, -0.2) is 8.42 Å². The summed E-state index contributed by atoms with van der Waals surface area (Å²) in [5.74, 6) is -1.27. The molecule has 0 atom stereocenters. The molecule has 10 heteroatoms. The van der Waals surface area contributed by atoms with Crippen LogP contribution in [0.4, 0.5) is 18.9 Å². The number of nitrogens with zero attached hydrogens (tertiary/aromatic N) is 1. The fourth-order valence-corrected chi connectivity index (χ4v) is 5.36. The third kappa shape index (κ3) is 5.45. The highest BCUT2D eigenvalue weighted by molar-refractivity contribution is 7.89. The Morgan fingerprint density at radius 3 is 2.33 bits per heavy atom. The Balaban J connectivity index is 1.39. The summed E-state index contributed by atoms with van der Waals surface area (Å²) in [6.45, 7) is 0.342. The number of amides is 1. The molecular weight excluding hydrogens is 457 g/mol. The number of alkyl halides is 3. The van der Waals surface area contributed by atoms with Crippen LogP contribution in [0.1, 0.15) is 12.8 Å². The molecule has 1 amide bonds. The highest BCUT2D eigenvalue weighted by atomic mass is 32.2. The normalized spacial score (nSPS) is 16.0. The van der Waals surface area contributed by atoms with E-state index < -0.39 is 28.1 Å². The molecule has 1 saturated heterocycles. The second-order valence-electron chi connectivity index (χ2n) is 7.75. The van der Waals surface area contributed by atoms with E-state index in [4.69, 9.17) is 0 Å². The quantitative estimate of drug-likeness (QED) is 0.573. The van der Waals surface area contributed by atoms with Crippen molar-refractivity contribution in [3.05, 3.63) is 66.7 Å². The predicted molar refractivity (Wildman–Crippen MR) is 117 cm³/mol. The number of ether oxygens (including phenoxy) is 1. The van der Waals surface area contributed by atoms with E-state index in [1.807, 2.05) is 24.3 Å². The number of benzene rings is 3. The van der Waals surface area contributed by atoms with Crippen molar-refractivity contribution in [2.45, 2.75) is 24.1 Å². The number of hydrogen-bond donors (Lipinski definition) is 1. The van der Waals surface area contributed by atoms with Crippen molar-refractivity contribution >= 4 is 32.4 Å². The van der Waals surface area contributed by atoms with Crippen LogP contribution in [0.15, 0.2) is 71.6 Å². The molecule has 3 aromatic carbocycles. The van der Waals surface area contributed by atoms with Gasteiger partial charge in [0.15, 0.2) is 0 Å². The Morgan fingerprint density at radius 1 is 0.939 bits per heavy atom. The number of piperidine rings is 1. The third-order valence-corrected chi connectivity index (χ3v) is 7.41. The first-order chi connectivity index (χ1) is 15.6. The van der Waals surface area contributed by atoms with E-state index in [9.17, 15) is 26.4 Å². The van der Waals surface area contributed by atoms with Crippen LogP contribution in [-0.4, -0.2) is 38.1 Å². The zero-order valence-electron chi connectivity index (χ0n) is 17.4. The van der Waals surface area contributed by atoms with Gasteiger partial charge in [0.25, 0.3) is 0 Å². The standard InChI is InChI=1S/C23H21F3N2O4S/c24-23(25,26)32-20-7-3-6-19(15-20)27-22(29)17-10-12-28(13-11-17)33(30,31)21-9-8-16-4-1-2-5-18(16)14-21/h1-9,14-15,17H,10-13H2,(H,27,29). The van der Waals surface area contributed by atoms with Crippen LogP contribution in [0.25, 0.3) is 10.8 Å². The first-order valence-electron chi connectivity index (χ1n) is 10.3. The Hall–Kier alpha value is -3.11. The summed E-state index contributed by atoms with van der Waals surface area (Å²) >= 11 is 0. The maximum atomic E-state index is 13.1. The molecule has 1 fully saturated rings. The van der Waals surface area contributed by atoms with Gasteiger partial charge in [-0.15, -0.1) is 13.2 Å². The molecule has 3 aromatic rings. The van der Waals surface area contributed by atoms with E-state index in [-0.39, 0.29) is 29.6 Å². The van der Waals surface area contributed by atoms with Crippen LogP contribution in [-0.2, 0) is 14.8 Å². The first-order valence-corrected chi connectivity index (χ1v) is 11.7. The Morgan fingerprint density at radius 2 is 1.64 bits per heavy atom. The Kier molecular flexibility index (Phi) is 6.31. The number of fused-ring (bicyclic) bond motifs is 1. The number of hydrogen-bond acceptors (Lipinski definition) is 4. The van der Waals surface area contributed by atoms with E-state index >= 15 is 0 Å². The van der Waals surface area contributed by atoms with Crippen molar-refractivity contribution in [1.29, 1.82) is 0 Å². The minimum atomic E-state index is -4.83. The van der Waals surface area contributed by atoms with Gasteiger partial charge in [-0.1, -0.05) is 36.4 Å². The number of halogens is 3. The lowest BCUT2D eigenvalue weighted by molar-refractivity contribution is -0.274. The molecule has 1 heterocycles. The molecular formula is C23H21F3N2O4S. The molecule has 1 N–H and O–H groups in total. The molecule has 6 nitrogen and oxygen atoms in total. The molecule has 1 aliphatic heterocycles. The van der Waals surface area contributed by atoms with Gasteiger partial charge >= 0.3 is 6.36 Å². The van der Waals surface area contributed by atoms with Gasteiger partial charge in [-0.2, -0.15) is 4.31 Å². The number of sulfonamides is 1. The first kappa shape index (κ1) is 23.1. The van der Waals surface area contributed by atoms with Gasteiger partial charge in [0.2, 0.25) is 15.9 Å². The van der Waals surface area contributed by atoms with E-state index in [1.54, 1.807) is 18.2 Å². The van der Waals surface area contributed by atoms with Crippen LogP contribution < -0.4 is 10.1 Å². The average molecular weight is 478 g/mol. The highest BCUT2D eigenvalue weighted by Gasteiger charge is 2.33. The smallest absolute Gasteiger partial charge is 0.406 e. The van der Waals surface area contributed by atoms with Gasteiger partial charge in [-0.3, -0.25) is 4.79 Å². The van der Waals surface area contributed by atoms with Crippen molar-refractivity contribution in [2.24, 2.45) is 5.92 Å². The minimum Gasteiger partial charge on any atom is -0.406 e. The van der Waals surface area contributed by atoms with E-state index in [0.717, 1.165) is 22.9 Å². The Labute approximate surface area is 189 Å². The fourth-order valence-electron chi connectivity index (χ4n) is 3.85. The Bertz CT molecular complexity index is 1270. The number of carbonyl (C=O) groups is 1. The lowest BCUT2D eigenvalue weighted by atomic mass is 9.97. The fraction of sp³-hybridized carbons (Fsp3) is 0.261. The number of nitrogens with one attached hydrogen (secondary N) is 1. The van der Waals surface area contributed by atoms with Gasteiger partial charge < -0.3 is 10.1 Å². The van der Waals surface area contributed by atoms with Gasteiger partial charge in [0, 0.05) is 30.8 Å². The molecule has 0 unspecified atom stereocenters. The molecule has 174 valence electrons. The van der Waals surface area contributed by atoms with Crippen LogP contribution in [0, 0.1) is 5.92 Å². The summed E-state index contributed by atoms with van der Waals surface area (Å²) in [5, 5.41) is 4.35. The highest BCUT2D eigenvalue weighted by Crippen LogP contribution is 2.28. The van der Waals surface area contributed by atoms with Crippen molar-refractivity contribution in [2.75, 3.05) is 18.4 Å². The zero-order chi connectivity index (χ0) is 23.6. The molecule has 0 radical (unpaired) electrons. The second kappa shape index (κ2) is 9.03. The number of carbonyl (C=O) groups excluding carboxylic acids is 1. The summed E-state index contributed by atoms with van der Waals surface area (Å²) < 4.78 is 68.6. The van der Waals surface area contributed by atoms with E-state index in [2.05, 4.69) is 10.1 Å². The molecule has 33 heavy (non-hydrogen) atoms. The van der Waals surface area contributed by atoms with Gasteiger partial charge in [0.05, 0.1) is 4.90 Å². The largest absolute Gasteiger partial charge is 0.573 e. The van der Waals surface area contributed by atoms with Gasteiger partial charge in [-0.05, 0) is 47.9 Å². The van der Waals surface area contributed by atoms with Gasteiger partial charge in [0.1, 0.15) is 5.75 Å². The number of anilines is 1. The molecule has 0 bridgehead atoms. The lowest BCUT2D eigenvalue weighted by Crippen LogP contribution is -2.41. The monoisotopic (exact) mass is 478 g/mol. The van der Waals surface area contributed by atoms with E-state index in [1.165, 1.54) is 16.4 Å². The molecule has 0 spiro atoms. The predicted octanol–water partition coefficient (Wildman–Crippen LogP) is 4.78. The van der Waals surface area contributed by atoms with Crippen molar-refractivity contribution in [3.63, 3.8) is 0 Å². The average Bonchev–Trinajstić information content (AvgIpc) is 2.78. The summed E-state index contributed by atoms with van der Waals surface area (Å²) in [5.41, 5.74) is 0.174. The maximum absolute atomic E-state index is 13.1. The summed E-state index contributed by atoms with van der Waals surface area (Å²) in [6.07, 6.45) is -4.22. The molecule has 0 aromatic heterocycles. The van der Waals surface area contributed by atoms with Crippen LogP contribution in [0.3, 0.4) is 0 Å². The summed E-state index contributed by atoms with van der Waals surface area (Å²) in [6, 6.07) is 17.5. The second-order valence-corrected chi connectivity index (χ2v) is 9.69. The molecule has 1 aliphatic rings. The summed E-state index contributed by atoms with van der Waals surface area (Å²) in [4.78, 5) is 12.8. The van der Waals surface area contributed by atoms with Crippen molar-refractivity contribution in [3.8, 4) is 5.75 Å². The van der Waals surface area contributed by atoms with E-state index in [0.29, 0.717) is 12.8 Å². The molecule has 0 aliphatic carbocycles. The minimum absolute atomic E-state index is 0.171. The zero-order valence-corrected chi connectivity index (χ0v) is 18.2. The van der Waals surface area contributed by atoms with Crippen LogP contribution in [0.2, 0.25) is 0 Å². The maximum Gasteiger partial charge on any atom is 0.573 e. The molecule has 4 rings (SSSR count). The summed E-state index contributed by atoms with van der Waals surface area (Å²) in [7, 11) is -3.71. The molecule has 0 saturated carbocycles. The van der Waals surface area contributed by atoms with Crippen molar-refractivity contribution < 1.29 is 31.1 Å². The van der Waals surface area contributed by atoms with Crippen molar-refractivity contribution in [1.82, 2.24) is 4.31 Å². The van der Waals surface area contributed by atoms with Crippen LogP contribution in [0.5, 0.6) is 5.75 Å². The number of rotatable bonds is 5. The van der Waals surface area contributed by atoms with Crippen LogP contribution >= 0.6 is 0 Å². The third-order valence-electron chi connectivity index (χ3n) is 5.52.